The van der Waals surface area contributed by atoms with E-state index in [9.17, 15) is 18.4 Å². The highest BCUT2D eigenvalue weighted by Crippen LogP contribution is 2.25. The monoisotopic (exact) mass is 273 g/mol. The van der Waals surface area contributed by atoms with Gasteiger partial charge < -0.3 is 10.0 Å². The third kappa shape index (κ3) is 2.17. The van der Waals surface area contributed by atoms with E-state index in [1.807, 2.05) is 0 Å². The number of amides is 1. The number of thioether (sulfide) groups is 1. The van der Waals surface area contributed by atoms with Crippen LogP contribution < -0.4 is 0 Å². The van der Waals surface area contributed by atoms with E-state index in [1.165, 1.54) is 11.8 Å². The molecule has 1 N–H and O–H groups in total. The molecule has 0 saturated carbocycles. The average Bonchev–Trinajstić information content (AvgIpc) is 2.77. The Morgan fingerprint density at radius 1 is 1.33 bits per heavy atom. The lowest BCUT2D eigenvalue weighted by Gasteiger charge is -2.20. The van der Waals surface area contributed by atoms with E-state index in [1.54, 1.807) is 0 Å². The first-order valence-electron chi connectivity index (χ1n) is 5.08. The molecular formula is C11H9F2NO3S. The molecule has 0 bridgehead atoms. The van der Waals surface area contributed by atoms with Gasteiger partial charge in [0.15, 0.2) is 0 Å². The van der Waals surface area contributed by atoms with Crippen molar-refractivity contribution in [3.63, 3.8) is 0 Å². The number of carbonyl (C=O) groups excluding carboxylic acids is 1. The first-order chi connectivity index (χ1) is 8.52. The third-order valence-corrected chi connectivity index (χ3v) is 3.62. The minimum atomic E-state index is -1.18. The number of carboxylic acid groups (broad SMARTS) is 1. The largest absolute Gasteiger partial charge is 0.480 e. The van der Waals surface area contributed by atoms with Gasteiger partial charge in [0.1, 0.15) is 23.2 Å². The topological polar surface area (TPSA) is 57.6 Å². The molecule has 1 aromatic carbocycles. The molecule has 0 aliphatic carbocycles. The summed E-state index contributed by atoms with van der Waals surface area (Å²) in [7, 11) is 0. The summed E-state index contributed by atoms with van der Waals surface area (Å²) >= 11 is 1.23. The molecule has 1 aliphatic heterocycles. The van der Waals surface area contributed by atoms with Crippen molar-refractivity contribution in [1.29, 1.82) is 0 Å². The molecule has 1 amide bonds. The first-order valence-corrected chi connectivity index (χ1v) is 6.23. The molecule has 1 unspecified atom stereocenters. The van der Waals surface area contributed by atoms with Gasteiger partial charge in [0.2, 0.25) is 0 Å². The fraction of sp³-hybridized carbons (Fsp3) is 0.273. The van der Waals surface area contributed by atoms with Crippen LogP contribution in [0.25, 0.3) is 0 Å². The van der Waals surface area contributed by atoms with Gasteiger partial charge >= 0.3 is 5.97 Å². The van der Waals surface area contributed by atoms with Crippen molar-refractivity contribution in [3.05, 3.63) is 35.4 Å². The van der Waals surface area contributed by atoms with Crippen LogP contribution in [0.3, 0.4) is 0 Å². The van der Waals surface area contributed by atoms with Gasteiger partial charge in [-0.25, -0.2) is 13.6 Å². The van der Waals surface area contributed by atoms with Crippen LogP contribution in [0.4, 0.5) is 8.78 Å². The zero-order valence-corrected chi connectivity index (χ0v) is 9.92. The molecule has 7 heteroatoms. The number of halogens is 2. The van der Waals surface area contributed by atoms with E-state index >= 15 is 0 Å². The summed E-state index contributed by atoms with van der Waals surface area (Å²) in [6.07, 6.45) is 0. The second-order valence-electron chi connectivity index (χ2n) is 3.73. The van der Waals surface area contributed by atoms with Crippen LogP contribution in [0.2, 0.25) is 0 Å². The van der Waals surface area contributed by atoms with Gasteiger partial charge in [0.05, 0.1) is 5.88 Å². The van der Waals surface area contributed by atoms with Gasteiger partial charge in [-0.05, 0) is 12.1 Å². The van der Waals surface area contributed by atoms with Gasteiger partial charge in [-0.1, -0.05) is 6.07 Å². The number of hydrogen-bond acceptors (Lipinski definition) is 3. The van der Waals surface area contributed by atoms with Crippen molar-refractivity contribution in [2.24, 2.45) is 0 Å². The Morgan fingerprint density at radius 2 is 1.94 bits per heavy atom. The standard InChI is InChI=1S/C11H9F2NO3S/c12-6-2-1-3-7(13)9(6)10(15)14-5-18-4-8(14)11(16)17/h1-3,8H,4-5H2,(H,16,17). The Bertz CT molecular complexity index is 489. The quantitative estimate of drug-likeness (QED) is 0.888. The third-order valence-electron chi connectivity index (χ3n) is 2.60. The molecule has 0 radical (unpaired) electrons. The number of benzene rings is 1. The number of carboxylic acids is 1. The van der Waals surface area contributed by atoms with Gasteiger partial charge in [-0.2, -0.15) is 0 Å². The van der Waals surface area contributed by atoms with E-state index in [-0.39, 0.29) is 11.6 Å². The minimum Gasteiger partial charge on any atom is -0.480 e. The maximum absolute atomic E-state index is 13.4. The summed E-state index contributed by atoms with van der Waals surface area (Å²) in [5.41, 5.74) is -0.703. The molecule has 2 rings (SSSR count). The summed E-state index contributed by atoms with van der Waals surface area (Å²) in [5, 5.41) is 8.92. The Morgan fingerprint density at radius 3 is 2.50 bits per heavy atom. The number of carbonyl (C=O) groups is 2. The average molecular weight is 273 g/mol. The first kappa shape index (κ1) is 12.8. The van der Waals surface area contributed by atoms with Crippen LogP contribution in [0.5, 0.6) is 0 Å². The predicted octanol–water partition coefficient (Wildman–Crippen LogP) is 1.56. The number of aliphatic carboxylic acids is 1. The predicted molar refractivity (Wildman–Crippen MR) is 61.3 cm³/mol. The lowest BCUT2D eigenvalue weighted by atomic mass is 10.1. The maximum Gasteiger partial charge on any atom is 0.327 e. The highest BCUT2D eigenvalue weighted by Gasteiger charge is 2.36. The van der Waals surface area contributed by atoms with Crippen molar-refractivity contribution in [3.8, 4) is 0 Å². The molecule has 1 saturated heterocycles. The Balaban J connectivity index is 2.34. The molecular weight excluding hydrogens is 264 g/mol. The number of rotatable bonds is 2. The van der Waals surface area contributed by atoms with E-state index in [4.69, 9.17) is 5.11 Å². The molecule has 0 spiro atoms. The second kappa shape index (κ2) is 4.93. The Labute approximate surface area is 106 Å². The molecule has 1 aromatic rings. The van der Waals surface area contributed by atoms with E-state index in [0.717, 1.165) is 23.1 Å². The van der Waals surface area contributed by atoms with Crippen molar-refractivity contribution in [1.82, 2.24) is 4.90 Å². The SMILES string of the molecule is O=C(O)C1CSCN1C(=O)c1c(F)cccc1F. The van der Waals surface area contributed by atoms with Crippen LogP contribution in [-0.4, -0.2) is 39.6 Å². The van der Waals surface area contributed by atoms with Gasteiger partial charge in [0.25, 0.3) is 5.91 Å². The zero-order valence-electron chi connectivity index (χ0n) is 9.10. The summed E-state index contributed by atoms with van der Waals surface area (Å²) in [6, 6.07) is 2.04. The van der Waals surface area contributed by atoms with Crippen LogP contribution in [0.15, 0.2) is 18.2 Å². The van der Waals surface area contributed by atoms with Crippen molar-refractivity contribution in [2.45, 2.75) is 6.04 Å². The molecule has 1 atom stereocenters. The lowest BCUT2D eigenvalue weighted by Crippen LogP contribution is -2.42. The normalized spacial score (nSPS) is 19.0. The van der Waals surface area contributed by atoms with Crippen molar-refractivity contribution >= 4 is 23.6 Å². The molecule has 1 heterocycles. The number of nitrogens with zero attached hydrogens (tertiary/aromatic N) is 1. The fourth-order valence-electron chi connectivity index (χ4n) is 1.69. The Kier molecular flexibility index (Phi) is 3.51. The van der Waals surface area contributed by atoms with E-state index in [0.29, 0.717) is 0 Å². The summed E-state index contributed by atoms with van der Waals surface area (Å²) in [4.78, 5) is 23.9. The molecule has 1 aliphatic rings. The summed E-state index contributed by atoms with van der Waals surface area (Å²) < 4.78 is 26.9. The molecule has 0 aromatic heterocycles. The molecule has 18 heavy (non-hydrogen) atoms. The van der Waals surface area contributed by atoms with Gasteiger partial charge in [0, 0.05) is 5.75 Å². The highest BCUT2D eigenvalue weighted by molar-refractivity contribution is 7.99. The van der Waals surface area contributed by atoms with Crippen molar-refractivity contribution in [2.75, 3.05) is 11.6 Å². The zero-order chi connectivity index (χ0) is 13.3. The Hall–Kier alpha value is -1.63. The lowest BCUT2D eigenvalue weighted by molar-refractivity contribution is -0.140. The maximum atomic E-state index is 13.4. The van der Waals surface area contributed by atoms with Crippen LogP contribution in [0.1, 0.15) is 10.4 Å². The highest BCUT2D eigenvalue weighted by atomic mass is 32.2. The van der Waals surface area contributed by atoms with E-state index in [2.05, 4.69) is 0 Å². The molecule has 4 nitrogen and oxygen atoms in total. The summed E-state index contributed by atoms with van der Waals surface area (Å²) in [6.45, 7) is 0. The summed E-state index contributed by atoms with van der Waals surface area (Å²) in [5.74, 6) is -3.74. The molecule has 1 fully saturated rings. The van der Waals surface area contributed by atoms with Crippen LogP contribution in [-0.2, 0) is 4.79 Å². The fourth-order valence-corrected chi connectivity index (χ4v) is 2.84. The molecule has 96 valence electrons. The second-order valence-corrected chi connectivity index (χ2v) is 4.73. The van der Waals surface area contributed by atoms with Crippen LogP contribution in [0, 0.1) is 11.6 Å². The van der Waals surface area contributed by atoms with Crippen molar-refractivity contribution < 1.29 is 23.5 Å². The van der Waals surface area contributed by atoms with Gasteiger partial charge in [-0.15, -0.1) is 11.8 Å². The van der Waals surface area contributed by atoms with E-state index < -0.39 is 35.1 Å². The smallest absolute Gasteiger partial charge is 0.327 e. The minimum absolute atomic E-state index is 0.115. The van der Waals surface area contributed by atoms with Gasteiger partial charge in [-0.3, -0.25) is 4.79 Å². The van der Waals surface area contributed by atoms with Crippen LogP contribution >= 0.6 is 11.8 Å². The number of hydrogen-bond donors (Lipinski definition) is 1.